The van der Waals surface area contributed by atoms with Gasteiger partial charge in [-0.2, -0.15) is 0 Å². The van der Waals surface area contributed by atoms with Gasteiger partial charge in [-0.25, -0.2) is 4.98 Å². The highest BCUT2D eigenvalue weighted by molar-refractivity contribution is 5.85. The van der Waals surface area contributed by atoms with Crippen molar-refractivity contribution in [3.63, 3.8) is 0 Å². The lowest BCUT2D eigenvalue weighted by Gasteiger charge is -2.19. The highest BCUT2D eigenvalue weighted by atomic mass is 16.5. The molecule has 2 aromatic carbocycles. The largest absolute Gasteiger partial charge is 0.485 e. The Labute approximate surface area is 207 Å². The van der Waals surface area contributed by atoms with Crippen molar-refractivity contribution < 1.29 is 9.53 Å². The fourth-order valence-corrected chi connectivity index (χ4v) is 4.21. The van der Waals surface area contributed by atoms with E-state index in [2.05, 4.69) is 17.6 Å². The Morgan fingerprint density at radius 3 is 2.37 bits per heavy atom. The van der Waals surface area contributed by atoms with Crippen LogP contribution in [0.3, 0.4) is 0 Å². The van der Waals surface area contributed by atoms with Crippen molar-refractivity contribution in [2.45, 2.75) is 51.7 Å². The van der Waals surface area contributed by atoms with E-state index in [1.54, 1.807) is 7.05 Å². The first-order valence-electron chi connectivity index (χ1n) is 12.4. The molecule has 6 nitrogen and oxygen atoms in total. The van der Waals surface area contributed by atoms with Gasteiger partial charge in [-0.05, 0) is 36.1 Å². The molecule has 0 radical (unpaired) electrons. The summed E-state index contributed by atoms with van der Waals surface area (Å²) in [5, 5.41) is 6.34. The Kier molecular flexibility index (Phi) is 8.39. The van der Waals surface area contributed by atoms with Gasteiger partial charge in [0.25, 0.3) is 0 Å². The van der Waals surface area contributed by atoms with Crippen LogP contribution < -0.4 is 15.4 Å². The number of nitrogens with one attached hydrogen (secondary N) is 2. The fourth-order valence-electron chi connectivity index (χ4n) is 4.21. The molecule has 0 aliphatic carbocycles. The van der Waals surface area contributed by atoms with Crippen LogP contribution in [0.15, 0.2) is 79.0 Å². The van der Waals surface area contributed by atoms with Crippen molar-refractivity contribution in [2.75, 3.05) is 12.4 Å². The number of nitrogens with zero attached hydrogens (tertiary/aromatic N) is 2. The van der Waals surface area contributed by atoms with Crippen molar-refractivity contribution >= 4 is 17.4 Å². The van der Waals surface area contributed by atoms with Gasteiger partial charge < -0.3 is 15.4 Å². The molecule has 1 amide bonds. The number of carbonyl (C=O) groups is 1. The van der Waals surface area contributed by atoms with E-state index in [4.69, 9.17) is 9.72 Å². The van der Waals surface area contributed by atoms with E-state index in [0.717, 1.165) is 59.7 Å². The molecule has 0 saturated heterocycles. The molecule has 0 aliphatic rings. The third-order valence-electron chi connectivity index (χ3n) is 6.10. The van der Waals surface area contributed by atoms with Gasteiger partial charge in [0, 0.05) is 19.7 Å². The third-order valence-corrected chi connectivity index (χ3v) is 6.10. The lowest BCUT2D eigenvalue weighted by atomic mass is 10.0. The Balaban J connectivity index is 1.66. The average Bonchev–Trinajstić information content (AvgIpc) is 3.25. The van der Waals surface area contributed by atoms with E-state index in [0.29, 0.717) is 13.0 Å². The summed E-state index contributed by atoms with van der Waals surface area (Å²) in [6.45, 7) is 2.66. The molecule has 1 atom stereocenters. The summed E-state index contributed by atoms with van der Waals surface area (Å²) < 4.78 is 8.19. The van der Waals surface area contributed by atoms with Gasteiger partial charge in [0.05, 0.1) is 5.69 Å². The van der Waals surface area contributed by atoms with Gasteiger partial charge >= 0.3 is 0 Å². The molecule has 0 bridgehead atoms. The quantitative estimate of drug-likeness (QED) is 0.272. The minimum Gasteiger partial charge on any atom is -0.485 e. The number of amides is 1. The number of rotatable bonds is 12. The Morgan fingerprint density at radius 1 is 0.971 bits per heavy atom. The normalized spacial score (nSPS) is 11.8. The molecule has 2 aromatic heterocycles. The van der Waals surface area contributed by atoms with E-state index in [1.807, 2.05) is 83.4 Å². The fraction of sp³-hybridized carbons (Fsp3) is 0.310. The molecule has 0 aliphatic heterocycles. The monoisotopic (exact) mass is 470 g/mol. The topological polar surface area (TPSA) is 67.7 Å². The number of hydrogen-bond acceptors (Lipinski definition) is 4. The van der Waals surface area contributed by atoms with Crippen LogP contribution in [0.25, 0.3) is 5.65 Å². The summed E-state index contributed by atoms with van der Waals surface area (Å²) in [6, 6.07) is 23.7. The predicted molar refractivity (Wildman–Crippen MR) is 141 cm³/mol. The summed E-state index contributed by atoms with van der Waals surface area (Å²) in [5.41, 5.74) is 3.91. The zero-order valence-corrected chi connectivity index (χ0v) is 20.5. The first-order valence-corrected chi connectivity index (χ1v) is 12.4. The molecular formula is C29H34N4O2. The van der Waals surface area contributed by atoms with Crippen LogP contribution in [-0.4, -0.2) is 28.4 Å². The van der Waals surface area contributed by atoms with Crippen LogP contribution in [-0.2, 0) is 24.2 Å². The van der Waals surface area contributed by atoms with Gasteiger partial charge in [0.1, 0.15) is 18.5 Å². The number of fused-ring (bicyclic) bond motifs is 1. The predicted octanol–water partition coefficient (Wildman–Crippen LogP) is 5.42. The maximum absolute atomic E-state index is 12.8. The minimum atomic E-state index is -0.430. The number of carbonyl (C=O) groups excluding carboxylic acids is 1. The second-order valence-corrected chi connectivity index (χ2v) is 8.71. The van der Waals surface area contributed by atoms with Gasteiger partial charge in [-0.15, -0.1) is 0 Å². The molecule has 182 valence electrons. The summed E-state index contributed by atoms with van der Waals surface area (Å²) in [6.07, 6.45) is 6.70. The molecule has 2 N–H and O–H groups in total. The zero-order chi connectivity index (χ0) is 24.5. The number of ether oxygens (including phenoxy) is 1. The lowest BCUT2D eigenvalue weighted by Crippen LogP contribution is -2.39. The Morgan fingerprint density at radius 2 is 1.69 bits per heavy atom. The number of benzene rings is 2. The maximum atomic E-state index is 12.8. The Bertz CT molecular complexity index is 1220. The van der Waals surface area contributed by atoms with E-state index < -0.39 is 6.04 Å². The second-order valence-electron chi connectivity index (χ2n) is 8.71. The molecule has 0 saturated carbocycles. The van der Waals surface area contributed by atoms with E-state index in [9.17, 15) is 4.79 Å². The number of likely N-dealkylation sites (N-methyl/N-ethyl adjacent to an activating group) is 1. The SMILES string of the molecule is CCCCCc1nc2c(OCc3ccccc3)cccn2c1NC(Cc1ccccc1)C(=O)NC. The number of aromatic nitrogens is 2. The van der Waals surface area contributed by atoms with Crippen LogP contribution in [0, 0.1) is 0 Å². The highest BCUT2D eigenvalue weighted by Crippen LogP contribution is 2.28. The summed E-state index contributed by atoms with van der Waals surface area (Å²) in [5.74, 6) is 1.52. The maximum Gasteiger partial charge on any atom is 0.242 e. The molecule has 35 heavy (non-hydrogen) atoms. The van der Waals surface area contributed by atoms with Gasteiger partial charge in [-0.3, -0.25) is 9.20 Å². The molecule has 4 rings (SSSR count). The number of hydrogen-bond donors (Lipinski definition) is 2. The number of imidazole rings is 1. The summed E-state index contributed by atoms with van der Waals surface area (Å²) in [4.78, 5) is 17.8. The van der Waals surface area contributed by atoms with Crippen molar-refractivity contribution in [3.05, 3.63) is 95.8 Å². The van der Waals surface area contributed by atoms with Crippen LogP contribution in [0.4, 0.5) is 5.82 Å². The summed E-state index contributed by atoms with van der Waals surface area (Å²) in [7, 11) is 1.67. The van der Waals surface area contributed by atoms with Crippen molar-refractivity contribution in [1.82, 2.24) is 14.7 Å². The van der Waals surface area contributed by atoms with Crippen molar-refractivity contribution in [3.8, 4) is 5.75 Å². The van der Waals surface area contributed by atoms with Crippen LogP contribution in [0.1, 0.15) is 43.0 Å². The standard InChI is InChI=1S/C29H34N4O2/c1-3-4-7-17-24-27(32-25(29(34)30-2)20-22-13-8-5-9-14-22)33-19-12-18-26(28(33)31-24)35-21-23-15-10-6-11-16-23/h5-6,8-16,18-19,25,32H,3-4,7,17,20-21H2,1-2H3,(H,30,34). The molecule has 0 spiro atoms. The average molecular weight is 471 g/mol. The minimum absolute atomic E-state index is 0.0557. The van der Waals surface area contributed by atoms with Gasteiger partial charge in [-0.1, -0.05) is 80.4 Å². The number of aryl methyl sites for hydroxylation is 1. The molecule has 6 heteroatoms. The molecule has 1 unspecified atom stereocenters. The van der Waals surface area contributed by atoms with E-state index >= 15 is 0 Å². The third kappa shape index (κ3) is 6.21. The summed E-state index contributed by atoms with van der Waals surface area (Å²) >= 11 is 0. The van der Waals surface area contributed by atoms with Crippen LogP contribution in [0.2, 0.25) is 0 Å². The zero-order valence-electron chi connectivity index (χ0n) is 20.5. The smallest absolute Gasteiger partial charge is 0.242 e. The van der Waals surface area contributed by atoms with Gasteiger partial charge in [0.15, 0.2) is 11.4 Å². The van der Waals surface area contributed by atoms with E-state index in [-0.39, 0.29) is 5.91 Å². The number of unbranched alkanes of at least 4 members (excludes halogenated alkanes) is 2. The van der Waals surface area contributed by atoms with Crippen molar-refractivity contribution in [1.29, 1.82) is 0 Å². The first-order chi connectivity index (χ1) is 17.2. The number of anilines is 1. The van der Waals surface area contributed by atoms with Crippen molar-refractivity contribution in [2.24, 2.45) is 0 Å². The molecule has 2 heterocycles. The van der Waals surface area contributed by atoms with E-state index in [1.165, 1.54) is 0 Å². The second kappa shape index (κ2) is 12.1. The lowest BCUT2D eigenvalue weighted by molar-refractivity contribution is -0.121. The first kappa shape index (κ1) is 24.3. The molecule has 4 aromatic rings. The highest BCUT2D eigenvalue weighted by Gasteiger charge is 2.23. The molecular weight excluding hydrogens is 436 g/mol. The van der Waals surface area contributed by atoms with Gasteiger partial charge in [0.2, 0.25) is 5.91 Å². The number of pyridine rings is 1. The van der Waals surface area contributed by atoms with Crippen LogP contribution >= 0.6 is 0 Å². The Hall–Kier alpha value is -3.80. The van der Waals surface area contributed by atoms with Crippen LogP contribution in [0.5, 0.6) is 5.75 Å². The molecule has 0 fully saturated rings.